The zero-order valence-electron chi connectivity index (χ0n) is 14.7. The fourth-order valence-electron chi connectivity index (χ4n) is 3.12. The first-order valence-electron chi connectivity index (χ1n) is 8.32. The molecule has 0 unspecified atom stereocenters. The first kappa shape index (κ1) is 17.4. The molecule has 0 atom stereocenters. The molecule has 7 heteroatoms. The number of non-ortho nitro benzene ring substituents is 1. The molecule has 2 aromatic carbocycles. The molecule has 1 aliphatic carbocycles. The minimum atomic E-state index is -0.512. The van der Waals surface area contributed by atoms with Gasteiger partial charge in [-0.2, -0.15) is 0 Å². The standard InChI is InChI=1S/C21H13NO6/c1-27-18-8-6-12(22(25)26)10-16(18)19-9-7-13(28-19)11-17-20(23)14-4-2-3-5-15(14)21(17)24/h2-11H,1H3. The molecule has 0 saturated carbocycles. The Bertz CT molecular complexity index is 1130. The van der Waals surface area contributed by atoms with E-state index in [1.54, 1.807) is 36.4 Å². The van der Waals surface area contributed by atoms with Crippen molar-refractivity contribution in [2.45, 2.75) is 0 Å². The van der Waals surface area contributed by atoms with E-state index in [4.69, 9.17) is 9.15 Å². The van der Waals surface area contributed by atoms with Crippen LogP contribution in [0.5, 0.6) is 5.75 Å². The van der Waals surface area contributed by atoms with E-state index in [1.807, 2.05) is 0 Å². The highest BCUT2D eigenvalue weighted by atomic mass is 16.6. The van der Waals surface area contributed by atoms with Crippen LogP contribution in [0.25, 0.3) is 17.4 Å². The summed E-state index contributed by atoms with van der Waals surface area (Å²) in [5.74, 6) is 0.299. The van der Waals surface area contributed by atoms with E-state index < -0.39 is 4.92 Å². The van der Waals surface area contributed by atoms with Crippen molar-refractivity contribution in [3.05, 3.63) is 87.2 Å². The average Bonchev–Trinajstić information content (AvgIpc) is 3.27. The Balaban J connectivity index is 1.73. The molecule has 0 fully saturated rings. The monoisotopic (exact) mass is 375 g/mol. The second-order valence-electron chi connectivity index (χ2n) is 6.11. The number of hydrogen-bond donors (Lipinski definition) is 0. The lowest BCUT2D eigenvalue weighted by atomic mass is 10.1. The highest BCUT2D eigenvalue weighted by molar-refractivity contribution is 6.41. The number of nitrogens with zero attached hydrogens (tertiary/aromatic N) is 1. The lowest BCUT2D eigenvalue weighted by Crippen LogP contribution is -1.99. The van der Waals surface area contributed by atoms with E-state index in [-0.39, 0.29) is 28.6 Å². The fraction of sp³-hybridized carbons (Fsp3) is 0.0476. The molecule has 1 aromatic heterocycles. The Labute approximate surface area is 159 Å². The molecule has 0 aliphatic heterocycles. The van der Waals surface area contributed by atoms with Crippen molar-refractivity contribution in [3.8, 4) is 17.1 Å². The molecular formula is C21H13NO6. The molecule has 3 aromatic rings. The summed E-state index contributed by atoms with van der Waals surface area (Å²) in [6.07, 6.45) is 1.39. The maximum Gasteiger partial charge on any atom is 0.270 e. The molecule has 0 N–H and O–H groups in total. The number of allylic oxidation sites excluding steroid dienone is 1. The van der Waals surface area contributed by atoms with Crippen LogP contribution in [0.3, 0.4) is 0 Å². The minimum Gasteiger partial charge on any atom is -0.496 e. The maximum atomic E-state index is 12.5. The molecule has 0 radical (unpaired) electrons. The van der Waals surface area contributed by atoms with Gasteiger partial charge in [0.25, 0.3) is 5.69 Å². The summed E-state index contributed by atoms with van der Waals surface area (Å²) in [5.41, 5.74) is 1.04. The highest BCUT2D eigenvalue weighted by Gasteiger charge is 2.32. The van der Waals surface area contributed by atoms with Crippen LogP contribution in [0.1, 0.15) is 26.5 Å². The summed E-state index contributed by atoms with van der Waals surface area (Å²) in [7, 11) is 1.45. The van der Waals surface area contributed by atoms with Gasteiger partial charge in [0.2, 0.25) is 0 Å². The highest BCUT2D eigenvalue weighted by Crippen LogP contribution is 2.35. The van der Waals surface area contributed by atoms with Gasteiger partial charge in [0.05, 0.1) is 23.2 Å². The van der Waals surface area contributed by atoms with Crippen LogP contribution in [0.2, 0.25) is 0 Å². The van der Waals surface area contributed by atoms with Crippen LogP contribution in [0.4, 0.5) is 5.69 Å². The van der Waals surface area contributed by atoms with Crippen LogP contribution in [0.15, 0.2) is 64.6 Å². The zero-order valence-corrected chi connectivity index (χ0v) is 14.7. The number of nitro benzene ring substituents is 1. The number of benzene rings is 2. The lowest BCUT2D eigenvalue weighted by Gasteiger charge is -2.05. The minimum absolute atomic E-state index is 0.0214. The fourth-order valence-corrected chi connectivity index (χ4v) is 3.12. The van der Waals surface area contributed by atoms with Gasteiger partial charge in [0, 0.05) is 23.3 Å². The number of methoxy groups -OCH3 is 1. The SMILES string of the molecule is COc1ccc([N+](=O)[O-])cc1-c1ccc(C=C2C(=O)c3ccccc3C2=O)o1. The molecule has 7 nitrogen and oxygen atoms in total. The third kappa shape index (κ3) is 2.79. The van der Waals surface area contributed by atoms with Gasteiger partial charge >= 0.3 is 0 Å². The van der Waals surface area contributed by atoms with E-state index in [9.17, 15) is 19.7 Å². The molecule has 0 spiro atoms. The molecular weight excluding hydrogens is 362 g/mol. The number of rotatable bonds is 4. The zero-order chi connectivity index (χ0) is 19.8. The molecule has 1 aliphatic rings. The first-order chi connectivity index (χ1) is 13.5. The van der Waals surface area contributed by atoms with Gasteiger partial charge in [-0.25, -0.2) is 0 Å². The summed E-state index contributed by atoms with van der Waals surface area (Å²) < 4.78 is 11.0. The van der Waals surface area contributed by atoms with Crippen molar-refractivity contribution in [1.29, 1.82) is 0 Å². The third-order valence-corrected chi connectivity index (χ3v) is 4.48. The van der Waals surface area contributed by atoms with Gasteiger partial charge in [0.15, 0.2) is 11.6 Å². The Hall–Kier alpha value is -4.00. The van der Waals surface area contributed by atoms with Crippen molar-refractivity contribution in [2.24, 2.45) is 0 Å². The second-order valence-corrected chi connectivity index (χ2v) is 6.11. The lowest BCUT2D eigenvalue weighted by molar-refractivity contribution is -0.384. The van der Waals surface area contributed by atoms with Crippen molar-refractivity contribution in [2.75, 3.05) is 7.11 Å². The molecule has 4 rings (SSSR count). The van der Waals surface area contributed by atoms with E-state index in [0.717, 1.165) is 0 Å². The van der Waals surface area contributed by atoms with Gasteiger partial charge in [0.1, 0.15) is 17.3 Å². The number of ether oxygens (including phenoxy) is 1. The van der Waals surface area contributed by atoms with Crippen molar-refractivity contribution in [3.63, 3.8) is 0 Å². The molecule has 0 saturated heterocycles. The normalized spacial score (nSPS) is 12.8. The van der Waals surface area contributed by atoms with Crippen LogP contribution in [-0.2, 0) is 0 Å². The predicted octanol–water partition coefficient (Wildman–Crippen LogP) is 4.33. The van der Waals surface area contributed by atoms with Crippen LogP contribution < -0.4 is 4.74 Å². The van der Waals surface area contributed by atoms with Gasteiger partial charge in [-0.1, -0.05) is 24.3 Å². The molecule has 138 valence electrons. The second kappa shape index (κ2) is 6.62. The van der Waals surface area contributed by atoms with Crippen LogP contribution >= 0.6 is 0 Å². The molecule has 28 heavy (non-hydrogen) atoms. The molecule has 0 bridgehead atoms. The van der Waals surface area contributed by atoms with Crippen molar-refractivity contribution < 1.29 is 23.7 Å². The Morgan fingerprint density at radius 2 is 1.64 bits per heavy atom. The summed E-state index contributed by atoms with van der Waals surface area (Å²) in [4.78, 5) is 35.5. The third-order valence-electron chi connectivity index (χ3n) is 4.48. The molecule has 0 amide bonds. The summed E-state index contributed by atoms with van der Waals surface area (Å²) in [5, 5.41) is 11.0. The number of hydrogen-bond acceptors (Lipinski definition) is 6. The van der Waals surface area contributed by atoms with Crippen LogP contribution in [0, 0.1) is 10.1 Å². The summed E-state index contributed by atoms with van der Waals surface area (Å²) >= 11 is 0. The van der Waals surface area contributed by atoms with Gasteiger partial charge in [-0.3, -0.25) is 19.7 Å². The number of nitro groups is 1. The van der Waals surface area contributed by atoms with E-state index in [1.165, 1.54) is 31.4 Å². The molecule has 1 heterocycles. The number of furan rings is 1. The Morgan fingerprint density at radius 1 is 0.964 bits per heavy atom. The smallest absolute Gasteiger partial charge is 0.270 e. The number of fused-ring (bicyclic) bond motifs is 1. The van der Waals surface area contributed by atoms with E-state index >= 15 is 0 Å². The Morgan fingerprint density at radius 3 is 2.25 bits per heavy atom. The predicted molar refractivity (Wildman–Crippen MR) is 100 cm³/mol. The average molecular weight is 375 g/mol. The topological polar surface area (TPSA) is 99.6 Å². The quantitative estimate of drug-likeness (QED) is 0.291. The number of ketones is 2. The Kier molecular flexibility index (Phi) is 4.12. The number of carbonyl (C=O) groups is 2. The summed E-state index contributed by atoms with van der Waals surface area (Å²) in [6, 6.07) is 14.0. The van der Waals surface area contributed by atoms with Crippen molar-refractivity contribution in [1.82, 2.24) is 0 Å². The van der Waals surface area contributed by atoms with Gasteiger partial charge in [-0.15, -0.1) is 0 Å². The van der Waals surface area contributed by atoms with Gasteiger partial charge in [-0.05, 0) is 24.3 Å². The number of Topliss-reactive ketones (excluding diaryl/α,β-unsaturated/α-hetero) is 2. The largest absolute Gasteiger partial charge is 0.496 e. The van der Waals surface area contributed by atoms with Crippen LogP contribution in [-0.4, -0.2) is 23.6 Å². The first-order valence-corrected chi connectivity index (χ1v) is 8.32. The maximum absolute atomic E-state index is 12.5. The summed E-state index contributed by atoms with van der Waals surface area (Å²) in [6.45, 7) is 0. The van der Waals surface area contributed by atoms with E-state index in [2.05, 4.69) is 0 Å². The van der Waals surface area contributed by atoms with Gasteiger partial charge < -0.3 is 9.15 Å². The van der Waals surface area contributed by atoms with E-state index in [0.29, 0.717) is 28.2 Å². The number of carbonyl (C=O) groups excluding carboxylic acids is 2. The van der Waals surface area contributed by atoms with Crippen molar-refractivity contribution >= 4 is 23.3 Å².